The minimum absolute atomic E-state index is 0. The van der Waals surface area contributed by atoms with Gasteiger partial charge >= 0.3 is 0 Å². The zero-order chi connectivity index (χ0) is 14.0. The van der Waals surface area contributed by atoms with Gasteiger partial charge in [-0.15, -0.1) is 12.4 Å². The van der Waals surface area contributed by atoms with E-state index in [1.54, 1.807) is 17.9 Å². The summed E-state index contributed by atoms with van der Waals surface area (Å²) < 4.78 is 0. The predicted octanol–water partition coefficient (Wildman–Crippen LogP) is 1.76. The lowest BCUT2D eigenvalue weighted by molar-refractivity contribution is -0.384. The van der Waals surface area contributed by atoms with Gasteiger partial charge in [-0.3, -0.25) is 14.9 Å². The predicted molar refractivity (Wildman–Crippen MR) is 78.4 cm³/mol. The molecule has 1 N–H and O–H groups in total. The number of non-ortho nitro benzene ring substituents is 1. The summed E-state index contributed by atoms with van der Waals surface area (Å²) in [5.74, 6) is -0.130. The van der Waals surface area contributed by atoms with Crippen LogP contribution in [-0.4, -0.2) is 41.4 Å². The first-order chi connectivity index (χ1) is 8.99. The third-order valence-electron chi connectivity index (χ3n) is 3.32. The van der Waals surface area contributed by atoms with Crippen molar-refractivity contribution in [3.05, 3.63) is 39.4 Å². The molecule has 2 rings (SSSR count). The standard InChI is InChI=1S/C13H17N3O3.ClH/c1-9-3-4-11(16(18)19)7-12(9)13(17)15-6-5-14-10(2)8-15;/h3-4,7,10,14H,5-6,8H2,1-2H3;1H. The van der Waals surface area contributed by atoms with Gasteiger partial charge in [0.1, 0.15) is 0 Å². The van der Waals surface area contributed by atoms with E-state index in [0.29, 0.717) is 18.7 Å². The molecule has 110 valence electrons. The van der Waals surface area contributed by atoms with Crippen LogP contribution < -0.4 is 5.32 Å². The van der Waals surface area contributed by atoms with Crippen LogP contribution in [0.3, 0.4) is 0 Å². The zero-order valence-electron chi connectivity index (χ0n) is 11.5. The number of hydrogen-bond donors (Lipinski definition) is 1. The van der Waals surface area contributed by atoms with E-state index >= 15 is 0 Å². The third kappa shape index (κ3) is 3.46. The first-order valence-corrected chi connectivity index (χ1v) is 6.26. The number of hydrogen-bond acceptors (Lipinski definition) is 4. The second kappa shape index (κ2) is 6.67. The van der Waals surface area contributed by atoms with Crippen LogP contribution in [-0.2, 0) is 0 Å². The molecule has 1 heterocycles. The maximum Gasteiger partial charge on any atom is 0.270 e. The van der Waals surface area contributed by atoms with Crippen molar-refractivity contribution in [2.75, 3.05) is 19.6 Å². The molecule has 1 aromatic carbocycles. The smallest absolute Gasteiger partial charge is 0.270 e. The van der Waals surface area contributed by atoms with Crippen LogP contribution in [0.2, 0.25) is 0 Å². The topological polar surface area (TPSA) is 75.5 Å². The first kappa shape index (κ1) is 16.4. The minimum Gasteiger partial charge on any atom is -0.336 e. The molecule has 1 aromatic rings. The molecular weight excluding hydrogens is 282 g/mol. The van der Waals surface area contributed by atoms with Crippen LogP contribution in [0.4, 0.5) is 5.69 Å². The maximum absolute atomic E-state index is 12.4. The van der Waals surface area contributed by atoms with Crippen molar-refractivity contribution in [2.45, 2.75) is 19.9 Å². The third-order valence-corrected chi connectivity index (χ3v) is 3.32. The van der Waals surface area contributed by atoms with Crippen molar-refractivity contribution in [3.63, 3.8) is 0 Å². The van der Waals surface area contributed by atoms with Crippen LogP contribution >= 0.6 is 12.4 Å². The highest BCUT2D eigenvalue weighted by atomic mass is 35.5. The molecule has 0 saturated carbocycles. The molecule has 1 aliphatic rings. The summed E-state index contributed by atoms with van der Waals surface area (Å²) in [5, 5.41) is 14.0. The minimum atomic E-state index is -0.476. The Kier molecular flexibility index (Phi) is 5.47. The summed E-state index contributed by atoms with van der Waals surface area (Å²) in [6.45, 7) is 5.81. The largest absolute Gasteiger partial charge is 0.336 e. The van der Waals surface area contributed by atoms with Gasteiger partial charge in [-0.2, -0.15) is 0 Å². The molecule has 20 heavy (non-hydrogen) atoms. The second-order valence-corrected chi connectivity index (χ2v) is 4.86. The summed E-state index contributed by atoms with van der Waals surface area (Å²) in [7, 11) is 0. The van der Waals surface area contributed by atoms with Crippen molar-refractivity contribution in [1.29, 1.82) is 0 Å². The highest BCUT2D eigenvalue weighted by Crippen LogP contribution is 2.19. The van der Waals surface area contributed by atoms with Gasteiger partial charge in [-0.25, -0.2) is 0 Å². The number of nitro groups is 1. The number of amides is 1. The van der Waals surface area contributed by atoms with Crippen molar-refractivity contribution < 1.29 is 9.72 Å². The lowest BCUT2D eigenvalue weighted by Gasteiger charge is -2.32. The Morgan fingerprint density at radius 1 is 1.50 bits per heavy atom. The van der Waals surface area contributed by atoms with Gasteiger partial charge in [0.05, 0.1) is 4.92 Å². The summed E-state index contributed by atoms with van der Waals surface area (Å²) in [4.78, 5) is 24.5. The number of benzene rings is 1. The van der Waals surface area contributed by atoms with Crippen molar-refractivity contribution in [3.8, 4) is 0 Å². The van der Waals surface area contributed by atoms with Gasteiger partial charge in [0.15, 0.2) is 0 Å². The number of rotatable bonds is 2. The molecule has 0 aromatic heterocycles. The average Bonchev–Trinajstić information content (AvgIpc) is 2.38. The van der Waals surface area contributed by atoms with E-state index < -0.39 is 4.92 Å². The van der Waals surface area contributed by atoms with E-state index in [4.69, 9.17) is 0 Å². The second-order valence-electron chi connectivity index (χ2n) is 4.86. The number of aryl methyl sites for hydroxylation is 1. The zero-order valence-corrected chi connectivity index (χ0v) is 12.3. The molecule has 7 heteroatoms. The summed E-state index contributed by atoms with van der Waals surface area (Å²) in [5.41, 5.74) is 1.14. The molecule has 1 unspecified atom stereocenters. The Labute approximate surface area is 123 Å². The van der Waals surface area contributed by atoms with Crippen LogP contribution in [0.1, 0.15) is 22.8 Å². The van der Waals surface area contributed by atoms with Gasteiger partial charge in [0, 0.05) is 43.4 Å². The van der Waals surface area contributed by atoms with Gasteiger partial charge in [0.2, 0.25) is 0 Å². The van der Waals surface area contributed by atoms with Crippen LogP contribution in [0.5, 0.6) is 0 Å². The summed E-state index contributed by atoms with van der Waals surface area (Å²) >= 11 is 0. The van der Waals surface area contributed by atoms with Crippen molar-refractivity contribution in [1.82, 2.24) is 10.2 Å². The average molecular weight is 300 g/mol. The first-order valence-electron chi connectivity index (χ1n) is 6.26. The highest BCUT2D eigenvalue weighted by Gasteiger charge is 2.24. The Hall–Kier alpha value is -1.66. The monoisotopic (exact) mass is 299 g/mol. The quantitative estimate of drug-likeness (QED) is 0.667. The summed E-state index contributed by atoms with van der Waals surface area (Å²) in [6, 6.07) is 4.66. The normalized spacial score (nSPS) is 18.3. The van der Waals surface area contributed by atoms with Gasteiger partial charge in [-0.05, 0) is 19.4 Å². The molecular formula is C13H18ClN3O3. The molecule has 0 radical (unpaired) electrons. The van der Waals surface area contributed by atoms with E-state index in [9.17, 15) is 14.9 Å². The van der Waals surface area contributed by atoms with E-state index in [1.165, 1.54) is 12.1 Å². The lowest BCUT2D eigenvalue weighted by atomic mass is 10.1. The number of piperazine rings is 1. The molecule has 1 fully saturated rings. The number of halogens is 1. The van der Waals surface area contributed by atoms with E-state index in [0.717, 1.165) is 12.1 Å². The number of nitro benzene ring substituents is 1. The molecule has 0 aliphatic carbocycles. The molecule has 1 saturated heterocycles. The highest BCUT2D eigenvalue weighted by molar-refractivity contribution is 5.96. The lowest BCUT2D eigenvalue weighted by Crippen LogP contribution is -2.51. The van der Waals surface area contributed by atoms with Crippen LogP contribution in [0, 0.1) is 17.0 Å². The van der Waals surface area contributed by atoms with E-state index in [2.05, 4.69) is 5.32 Å². The Balaban J connectivity index is 0.00000200. The van der Waals surface area contributed by atoms with E-state index in [1.807, 2.05) is 6.92 Å². The Morgan fingerprint density at radius 3 is 2.80 bits per heavy atom. The van der Waals surface area contributed by atoms with Crippen molar-refractivity contribution >= 4 is 24.0 Å². The van der Waals surface area contributed by atoms with Gasteiger partial charge in [0.25, 0.3) is 11.6 Å². The number of nitrogens with one attached hydrogen (secondary N) is 1. The maximum atomic E-state index is 12.4. The molecule has 1 aliphatic heterocycles. The SMILES string of the molecule is Cc1ccc([N+](=O)[O-])cc1C(=O)N1CCNC(C)C1.Cl. The number of carbonyl (C=O) groups excluding carboxylic acids is 1. The number of nitrogens with zero attached hydrogens (tertiary/aromatic N) is 2. The molecule has 1 amide bonds. The molecule has 0 bridgehead atoms. The molecule has 6 nitrogen and oxygen atoms in total. The fourth-order valence-corrected chi connectivity index (χ4v) is 2.24. The Morgan fingerprint density at radius 2 is 2.20 bits per heavy atom. The molecule has 1 atom stereocenters. The van der Waals surface area contributed by atoms with Crippen LogP contribution in [0.25, 0.3) is 0 Å². The van der Waals surface area contributed by atoms with Crippen molar-refractivity contribution in [2.24, 2.45) is 0 Å². The van der Waals surface area contributed by atoms with E-state index in [-0.39, 0.29) is 30.0 Å². The van der Waals surface area contributed by atoms with Crippen LogP contribution in [0.15, 0.2) is 18.2 Å². The Bertz CT molecular complexity index is 522. The van der Waals surface area contributed by atoms with Gasteiger partial charge < -0.3 is 10.2 Å². The fourth-order valence-electron chi connectivity index (χ4n) is 2.24. The summed E-state index contributed by atoms with van der Waals surface area (Å²) in [6.07, 6.45) is 0. The number of carbonyl (C=O) groups is 1. The van der Waals surface area contributed by atoms with Gasteiger partial charge in [-0.1, -0.05) is 6.07 Å². The molecule has 0 spiro atoms. The fraction of sp³-hybridized carbons (Fsp3) is 0.462.